The molecule has 2 aromatic heterocycles. The minimum atomic E-state index is 0.110. The normalized spacial score (nSPS) is 21.0. The van der Waals surface area contributed by atoms with Crippen LogP contribution >= 0.6 is 0 Å². The van der Waals surface area contributed by atoms with Crippen LogP contribution in [0.1, 0.15) is 0 Å². The van der Waals surface area contributed by atoms with Gasteiger partial charge in [0.05, 0.1) is 30.0 Å². The molecular weight excluding hydrogens is 218 g/mol. The molecule has 0 spiro atoms. The van der Waals surface area contributed by atoms with E-state index in [-0.39, 0.29) is 6.10 Å². The summed E-state index contributed by atoms with van der Waals surface area (Å²) >= 11 is 0. The third-order valence-corrected chi connectivity index (χ3v) is 3.07. The molecule has 3 heterocycles. The maximum atomic E-state index is 5.65. The van der Waals surface area contributed by atoms with Crippen molar-refractivity contribution in [2.45, 2.75) is 6.10 Å². The fourth-order valence-electron chi connectivity index (χ4n) is 2.19. The summed E-state index contributed by atoms with van der Waals surface area (Å²) in [5.41, 5.74) is 7.62. The van der Waals surface area contributed by atoms with E-state index in [9.17, 15) is 0 Å². The SMILES string of the molecule is NC[C@@H]1CN(c2ccnc3[nH]ncc23)CCO1. The number of rotatable bonds is 2. The number of aromatic nitrogens is 3. The van der Waals surface area contributed by atoms with Gasteiger partial charge < -0.3 is 15.4 Å². The number of anilines is 1. The first-order valence-corrected chi connectivity index (χ1v) is 5.73. The summed E-state index contributed by atoms with van der Waals surface area (Å²) < 4.78 is 5.57. The molecule has 0 saturated carbocycles. The molecule has 90 valence electrons. The Kier molecular flexibility index (Phi) is 2.66. The summed E-state index contributed by atoms with van der Waals surface area (Å²) in [6.07, 6.45) is 3.71. The van der Waals surface area contributed by atoms with Crippen LogP contribution in [0.25, 0.3) is 11.0 Å². The quantitative estimate of drug-likeness (QED) is 0.770. The average molecular weight is 233 g/mol. The van der Waals surface area contributed by atoms with Crippen molar-refractivity contribution in [2.75, 3.05) is 31.1 Å². The van der Waals surface area contributed by atoms with Gasteiger partial charge in [-0.05, 0) is 6.07 Å². The molecule has 6 heteroatoms. The molecule has 2 aromatic rings. The number of nitrogens with two attached hydrogens (primary N) is 1. The predicted molar refractivity (Wildman–Crippen MR) is 64.9 cm³/mol. The number of nitrogens with zero attached hydrogens (tertiary/aromatic N) is 3. The van der Waals surface area contributed by atoms with Crippen molar-refractivity contribution in [1.29, 1.82) is 0 Å². The van der Waals surface area contributed by atoms with Crippen molar-refractivity contribution < 1.29 is 4.74 Å². The molecule has 0 aromatic carbocycles. The van der Waals surface area contributed by atoms with Gasteiger partial charge in [-0.3, -0.25) is 5.10 Å². The van der Waals surface area contributed by atoms with Crippen LogP contribution in [-0.4, -0.2) is 47.5 Å². The Morgan fingerprint density at radius 2 is 2.53 bits per heavy atom. The highest BCUT2D eigenvalue weighted by molar-refractivity contribution is 5.88. The lowest BCUT2D eigenvalue weighted by Crippen LogP contribution is -2.45. The Hall–Kier alpha value is -1.66. The number of nitrogens with one attached hydrogen (secondary N) is 1. The van der Waals surface area contributed by atoms with Gasteiger partial charge in [0.1, 0.15) is 0 Å². The van der Waals surface area contributed by atoms with Gasteiger partial charge in [0.2, 0.25) is 0 Å². The molecule has 0 bridgehead atoms. The van der Waals surface area contributed by atoms with Gasteiger partial charge in [0.15, 0.2) is 5.65 Å². The van der Waals surface area contributed by atoms with Gasteiger partial charge in [-0.25, -0.2) is 4.98 Å². The van der Waals surface area contributed by atoms with Crippen LogP contribution in [0.3, 0.4) is 0 Å². The van der Waals surface area contributed by atoms with Gasteiger partial charge in [0, 0.05) is 25.8 Å². The zero-order valence-electron chi connectivity index (χ0n) is 9.47. The van der Waals surface area contributed by atoms with Crippen LogP contribution in [0, 0.1) is 0 Å². The number of morpholine rings is 1. The van der Waals surface area contributed by atoms with E-state index >= 15 is 0 Å². The summed E-state index contributed by atoms with van der Waals surface area (Å²) in [5, 5.41) is 7.95. The highest BCUT2D eigenvalue weighted by atomic mass is 16.5. The molecule has 1 atom stereocenters. The second-order valence-corrected chi connectivity index (χ2v) is 4.14. The van der Waals surface area contributed by atoms with E-state index in [0.29, 0.717) is 13.2 Å². The summed E-state index contributed by atoms with van der Waals surface area (Å²) in [7, 11) is 0. The van der Waals surface area contributed by atoms with Crippen molar-refractivity contribution in [3.8, 4) is 0 Å². The largest absolute Gasteiger partial charge is 0.373 e. The smallest absolute Gasteiger partial charge is 0.157 e. The van der Waals surface area contributed by atoms with Gasteiger partial charge in [-0.15, -0.1) is 0 Å². The first-order valence-electron chi connectivity index (χ1n) is 5.73. The van der Waals surface area contributed by atoms with Gasteiger partial charge in [-0.1, -0.05) is 0 Å². The molecule has 0 radical (unpaired) electrons. The van der Waals surface area contributed by atoms with Crippen molar-refractivity contribution in [2.24, 2.45) is 5.73 Å². The van der Waals surface area contributed by atoms with Crippen LogP contribution < -0.4 is 10.6 Å². The van der Waals surface area contributed by atoms with E-state index in [1.165, 1.54) is 0 Å². The minimum absolute atomic E-state index is 0.110. The summed E-state index contributed by atoms with van der Waals surface area (Å²) in [4.78, 5) is 6.51. The fourth-order valence-corrected chi connectivity index (χ4v) is 2.19. The molecule has 1 aliphatic rings. The zero-order chi connectivity index (χ0) is 11.7. The highest BCUT2D eigenvalue weighted by Crippen LogP contribution is 2.25. The molecule has 1 fully saturated rings. The molecule has 3 N–H and O–H groups in total. The maximum Gasteiger partial charge on any atom is 0.157 e. The Morgan fingerprint density at radius 1 is 1.59 bits per heavy atom. The number of fused-ring (bicyclic) bond motifs is 1. The second kappa shape index (κ2) is 4.31. The van der Waals surface area contributed by atoms with Crippen LogP contribution in [0.2, 0.25) is 0 Å². The lowest BCUT2D eigenvalue weighted by Gasteiger charge is -2.34. The van der Waals surface area contributed by atoms with E-state index < -0.39 is 0 Å². The topological polar surface area (TPSA) is 80.1 Å². The summed E-state index contributed by atoms with van der Waals surface area (Å²) in [6, 6.07) is 2.01. The molecular formula is C11H15N5O. The molecule has 6 nitrogen and oxygen atoms in total. The Balaban J connectivity index is 1.94. The van der Waals surface area contributed by atoms with Gasteiger partial charge >= 0.3 is 0 Å². The Bertz CT molecular complexity index is 511. The third-order valence-electron chi connectivity index (χ3n) is 3.07. The third kappa shape index (κ3) is 1.85. The molecule has 0 aliphatic carbocycles. The zero-order valence-corrected chi connectivity index (χ0v) is 9.47. The van der Waals surface area contributed by atoms with Crippen molar-refractivity contribution in [3.05, 3.63) is 18.5 Å². The molecule has 1 aliphatic heterocycles. The number of hydrogen-bond donors (Lipinski definition) is 2. The standard InChI is InChI=1S/C11H15N5O/c12-5-8-7-16(3-4-17-8)10-1-2-13-11-9(10)6-14-15-11/h1-2,6,8H,3-5,7,12H2,(H,13,14,15)/t8-/m1/s1. The van der Waals surface area contributed by atoms with Crippen LogP contribution in [0.4, 0.5) is 5.69 Å². The monoisotopic (exact) mass is 233 g/mol. The number of hydrogen-bond acceptors (Lipinski definition) is 5. The fraction of sp³-hybridized carbons (Fsp3) is 0.455. The first kappa shape index (κ1) is 10.5. The Labute approximate surface area is 98.8 Å². The van der Waals surface area contributed by atoms with E-state index in [1.54, 1.807) is 6.20 Å². The summed E-state index contributed by atoms with van der Waals surface area (Å²) in [5.74, 6) is 0. The van der Waals surface area contributed by atoms with Crippen LogP contribution in [0.15, 0.2) is 18.5 Å². The predicted octanol–water partition coefficient (Wildman–Crippen LogP) is 0.122. The lowest BCUT2D eigenvalue weighted by atomic mass is 10.2. The number of pyridine rings is 1. The first-order chi connectivity index (χ1) is 8.38. The van der Waals surface area contributed by atoms with Gasteiger partial charge in [0.25, 0.3) is 0 Å². The molecule has 0 unspecified atom stereocenters. The van der Waals surface area contributed by atoms with E-state index in [2.05, 4.69) is 20.1 Å². The second-order valence-electron chi connectivity index (χ2n) is 4.14. The van der Waals surface area contributed by atoms with E-state index in [0.717, 1.165) is 29.8 Å². The van der Waals surface area contributed by atoms with Crippen molar-refractivity contribution in [3.63, 3.8) is 0 Å². The minimum Gasteiger partial charge on any atom is -0.373 e. The molecule has 3 rings (SSSR count). The number of aromatic amines is 1. The van der Waals surface area contributed by atoms with E-state index in [1.807, 2.05) is 12.3 Å². The number of ether oxygens (including phenoxy) is 1. The van der Waals surface area contributed by atoms with Crippen molar-refractivity contribution >= 4 is 16.7 Å². The molecule has 0 amide bonds. The number of H-pyrrole nitrogens is 1. The molecule has 1 saturated heterocycles. The van der Waals surface area contributed by atoms with Crippen LogP contribution in [-0.2, 0) is 4.74 Å². The molecule has 17 heavy (non-hydrogen) atoms. The van der Waals surface area contributed by atoms with Crippen LogP contribution in [0.5, 0.6) is 0 Å². The Morgan fingerprint density at radius 3 is 3.41 bits per heavy atom. The lowest BCUT2D eigenvalue weighted by molar-refractivity contribution is 0.0466. The highest BCUT2D eigenvalue weighted by Gasteiger charge is 2.21. The van der Waals surface area contributed by atoms with E-state index in [4.69, 9.17) is 10.5 Å². The average Bonchev–Trinajstić information content (AvgIpc) is 2.87. The van der Waals surface area contributed by atoms with Crippen molar-refractivity contribution in [1.82, 2.24) is 15.2 Å². The maximum absolute atomic E-state index is 5.65. The summed E-state index contributed by atoms with van der Waals surface area (Å²) in [6.45, 7) is 2.96. The van der Waals surface area contributed by atoms with Gasteiger partial charge in [-0.2, -0.15) is 5.10 Å².